The van der Waals surface area contributed by atoms with Crippen LogP contribution in [0.4, 0.5) is 11.4 Å². The van der Waals surface area contributed by atoms with E-state index in [1.165, 1.54) is 0 Å². The van der Waals surface area contributed by atoms with Crippen molar-refractivity contribution in [3.8, 4) is 0 Å². The van der Waals surface area contributed by atoms with E-state index in [1.807, 2.05) is 76.2 Å². The first-order chi connectivity index (χ1) is 12.5. The molecule has 0 spiro atoms. The maximum Gasteiger partial charge on any atom is 0.103 e. The summed E-state index contributed by atoms with van der Waals surface area (Å²) in [6.07, 6.45) is 3.48. The van der Waals surface area contributed by atoms with Crippen molar-refractivity contribution in [3.05, 3.63) is 83.4 Å². The second-order valence-electron chi connectivity index (χ2n) is 6.26. The molecule has 0 saturated heterocycles. The number of aliphatic imine (C=N–C) groups is 2. The van der Waals surface area contributed by atoms with E-state index in [0.717, 1.165) is 45.3 Å². The third-order valence-electron chi connectivity index (χ3n) is 4.18. The van der Waals surface area contributed by atoms with Crippen LogP contribution in [0.3, 0.4) is 0 Å². The van der Waals surface area contributed by atoms with Crippen LogP contribution in [0.2, 0.25) is 0 Å². The van der Waals surface area contributed by atoms with Gasteiger partial charge in [0.1, 0.15) is 11.4 Å². The average Bonchev–Trinajstić information content (AvgIpc) is 2.65. The highest BCUT2D eigenvalue weighted by Crippen LogP contribution is 2.20. The van der Waals surface area contributed by atoms with Gasteiger partial charge in [0, 0.05) is 0 Å². The summed E-state index contributed by atoms with van der Waals surface area (Å²) in [7, 11) is 0. The molecule has 0 aliphatic heterocycles. The van der Waals surface area contributed by atoms with Gasteiger partial charge in [0.25, 0.3) is 0 Å². The number of nitrogens with zero attached hydrogens (tertiary/aromatic N) is 4. The van der Waals surface area contributed by atoms with Crippen molar-refractivity contribution in [1.82, 2.24) is 9.97 Å². The first-order valence-electron chi connectivity index (χ1n) is 8.59. The Bertz CT molecular complexity index is 910. The van der Waals surface area contributed by atoms with E-state index in [4.69, 9.17) is 15.0 Å². The summed E-state index contributed by atoms with van der Waals surface area (Å²) < 4.78 is 0. The molecule has 0 fully saturated rings. The monoisotopic (exact) mass is 342 g/mol. The van der Waals surface area contributed by atoms with Gasteiger partial charge in [-0.1, -0.05) is 36.4 Å². The molecule has 1 aromatic heterocycles. The van der Waals surface area contributed by atoms with Gasteiger partial charge in [-0.25, -0.2) is 4.98 Å². The van der Waals surface area contributed by atoms with Crippen LogP contribution in [-0.2, 0) is 0 Å². The van der Waals surface area contributed by atoms with Gasteiger partial charge < -0.3 is 0 Å². The first kappa shape index (κ1) is 17.7. The maximum atomic E-state index is 4.70. The molecule has 3 rings (SSSR count). The van der Waals surface area contributed by atoms with Crippen LogP contribution in [0.15, 0.2) is 70.9 Å². The maximum absolute atomic E-state index is 4.70. The van der Waals surface area contributed by atoms with E-state index < -0.39 is 0 Å². The van der Waals surface area contributed by atoms with Crippen LogP contribution in [-0.4, -0.2) is 21.4 Å². The van der Waals surface area contributed by atoms with Gasteiger partial charge in [0.15, 0.2) is 0 Å². The van der Waals surface area contributed by atoms with Crippen molar-refractivity contribution >= 4 is 22.8 Å². The van der Waals surface area contributed by atoms with Gasteiger partial charge in [0.2, 0.25) is 0 Å². The predicted octanol–water partition coefficient (Wildman–Crippen LogP) is 5.37. The number of hydrogen-bond donors (Lipinski definition) is 0. The van der Waals surface area contributed by atoms with E-state index in [9.17, 15) is 0 Å². The Balaban J connectivity index is 1.93. The normalized spacial score (nSPS) is 12.3. The van der Waals surface area contributed by atoms with Crippen molar-refractivity contribution < 1.29 is 0 Å². The van der Waals surface area contributed by atoms with Gasteiger partial charge >= 0.3 is 0 Å². The topological polar surface area (TPSA) is 50.5 Å². The lowest BCUT2D eigenvalue weighted by Gasteiger charge is -2.06. The molecule has 0 unspecified atom stereocenters. The van der Waals surface area contributed by atoms with Crippen LogP contribution >= 0.6 is 0 Å². The third kappa shape index (κ3) is 4.09. The molecular formula is C22H22N4. The highest BCUT2D eigenvalue weighted by atomic mass is 14.9. The zero-order valence-corrected chi connectivity index (χ0v) is 15.6. The largest absolute Gasteiger partial charge is 0.260 e. The average molecular weight is 342 g/mol. The third-order valence-corrected chi connectivity index (χ3v) is 4.18. The summed E-state index contributed by atoms with van der Waals surface area (Å²) in [5.41, 5.74) is 7.33. The van der Waals surface area contributed by atoms with E-state index in [-0.39, 0.29) is 0 Å². The molecule has 0 N–H and O–H groups in total. The minimum absolute atomic E-state index is 0.755. The van der Waals surface area contributed by atoms with Crippen molar-refractivity contribution in [2.45, 2.75) is 27.7 Å². The molecule has 4 nitrogen and oxygen atoms in total. The standard InChI is InChI=1S/C22H22N4/c1-15-9-5-7-11-19(15)24-17(3)21-13-23-14-22(26-21)18(4)25-20-12-8-6-10-16(20)2/h5-14H,1-4H3. The number of para-hydroxylation sites is 2. The Labute approximate surface area is 154 Å². The van der Waals surface area contributed by atoms with E-state index >= 15 is 0 Å². The predicted molar refractivity (Wildman–Crippen MR) is 108 cm³/mol. The molecule has 0 bridgehead atoms. The molecule has 0 aliphatic carbocycles. The van der Waals surface area contributed by atoms with Gasteiger partial charge in [-0.05, 0) is 51.0 Å². The smallest absolute Gasteiger partial charge is 0.103 e. The fraction of sp³-hybridized carbons (Fsp3) is 0.182. The summed E-state index contributed by atoms with van der Waals surface area (Å²) in [4.78, 5) is 18.4. The van der Waals surface area contributed by atoms with Crippen LogP contribution < -0.4 is 0 Å². The number of aryl methyl sites for hydroxylation is 2. The summed E-state index contributed by atoms with van der Waals surface area (Å²) in [6, 6.07) is 16.1. The van der Waals surface area contributed by atoms with E-state index in [0.29, 0.717) is 0 Å². The van der Waals surface area contributed by atoms with E-state index in [1.54, 1.807) is 12.4 Å². The Hall–Kier alpha value is -3.14. The molecule has 0 aliphatic rings. The number of rotatable bonds is 4. The zero-order chi connectivity index (χ0) is 18.5. The van der Waals surface area contributed by atoms with E-state index in [2.05, 4.69) is 4.98 Å². The highest BCUT2D eigenvalue weighted by molar-refractivity contribution is 6.02. The molecule has 0 atom stereocenters. The van der Waals surface area contributed by atoms with Crippen LogP contribution in [0.25, 0.3) is 0 Å². The Kier molecular flexibility index (Phi) is 5.32. The lowest BCUT2D eigenvalue weighted by Crippen LogP contribution is -2.06. The van der Waals surface area contributed by atoms with Crippen molar-refractivity contribution in [1.29, 1.82) is 0 Å². The molecule has 26 heavy (non-hydrogen) atoms. The summed E-state index contributed by atoms with van der Waals surface area (Å²) in [5.74, 6) is 0. The molecule has 0 saturated carbocycles. The minimum atomic E-state index is 0.755. The molecular weight excluding hydrogens is 320 g/mol. The van der Waals surface area contributed by atoms with Crippen molar-refractivity contribution in [2.24, 2.45) is 9.98 Å². The summed E-state index contributed by atoms with van der Waals surface area (Å²) in [6.45, 7) is 8.00. The van der Waals surface area contributed by atoms with Gasteiger partial charge in [-0.2, -0.15) is 0 Å². The van der Waals surface area contributed by atoms with Gasteiger partial charge in [-0.3, -0.25) is 15.0 Å². The molecule has 3 aromatic rings. The molecule has 0 radical (unpaired) electrons. The summed E-state index contributed by atoms with van der Waals surface area (Å²) in [5, 5.41) is 0. The SMILES string of the molecule is CC(=Nc1ccccc1C)c1cncc(C(C)=Nc2ccccc2C)n1. The number of benzene rings is 2. The number of aromatic nitrogens is 2. The molecule has 4 heteroatoms. The fourth-order valence-electron chi connectivity index (χ4n) is 2.57. The highest BCUT2D eigenvalue weighted by Gasteiger charge is 2.07. The second kappa shape index (κ2) is 7.83. The Morgan fingerprint density at radius 1 is 0.692 bits per heavy atom. The fourth-order valence-corrected chi connectivity index (χ4v) is 2.57. The molecule has 0 amide bonds. The molecule has 130 valence electrons. The van der Waals surface area contributed by atoms with Crippen LogP contribution in [0.1, 0.15) is 36.4 Å². The lowest BCUT2D eigenvalue weighted by molar-refractivity contribution is 1.14. The van der Waals surface area contributed by atoms with Crippen molar-refractivity contribution in [3.63, 3.8) is 0 Å². The molecule has 1 heterocycles. The quantitative estimate of drug-likeness (QED) is 0.598. The Morgan fingerprint density at radius 3 is 1.54 bits per heavy atom. The Morgan fingerprint density at radius 2 is 1.12 bits per heavy atom. The molecule has 2 aromatic carbocycles. The first-order valence-corrected chi connectivity index (χ1v) is 8.59. The minimum Gasteiger partial charge on any atom is -0.260 e. The van der Waals surface area contributed by atoms with Crippen LogP contribution in [0.5, 0.6) is 0 Å². The van der Waals surface area contributed by atoms with Gasteiger partial charge in [0.05, 0.1) is 35.2 Å². The lowest BCUT2D eigenvalue weighted by atomic mass is 10.2. The van der Waals surface area contributed by atoms with Crippen molar-refractivity contribution in [2.75, 3.05) is 0 Å². The second-order valence-corrected chi connectivity index (χ2v) is 6.26. The number of hydrogen-bond acceptors (Lipinski definition) is 4. The zero-order valence-electron chi connectivity index (χ0n) is 15.6. The van der Waals surface area contributed by atoms with Crippen LogP contribution in [0, 0.1) is 13.8 Å². The summed E-state index contributed by atoms with van der Waals surface area (Å²) >= 11 is 0. The van der Waals surface area contributed by atoms with Gasteiger partial charge in [-0.15, -0.1) is 0 Å².